The van der Waals surface area contributed by atoms with E-state index >= 15 is 0 Å². The number of sulfonamides is 1. The molecule has 1 amide bonds. The lowest BCUT2D eigenvalue weighted by Crippen LogP contribution is -2.31. The number of likely N-dealkylation sites (tertiary alicyclic amines) is 1. The molecule has 3 rings (SSSR count). The maximum atomic E-state index is 12.5. The third-order valence-corrected chi connectivity index (χ3v) is 5.95. The van der Waals surface area contributed by atoms with E-state index in [1.165, 1.54) is 18.2 Å². The lowest BCUT2D eigenvalue weighted by molar-refractivity contribution is 0.0781. The van der Waals surface area contributed by atoms with Crippen molar-refractivity contribution in [2.45, 2.75) is 4.90 Å². The van der Waals surface area contributed by atoms with Crippen LogP contribution in [-0.4, -0.2) is 51.9 Å². The molecule has 0 unspecified atom stereocenters. The lowest BCUT2D eigenvalue weighted by Gasteiger charge is -2.17. The molecule has 2 N–H and O–H groups in total. The Morgan fingerprint density at radius 3 is 2.43 bits per heavy atom. The molecular formula is C16H21N3O3S. The molecular weight excluding hydrogens is 314 g/mol. The predicted octanol–water partition coefficient (Wildman–Crippen LogP) is 0.442. The fourth-order valence-electron chi connectivity index (χ4n) is 3.23. The zero-order valence-corrected chi connectivity index (χ0v) is 13.7. The molecule has 2 fully saturated rings. The summed E-state index contributed by atoms with van der Waals surface area (Å²) in [6.45, 7) is 7.15. The number of hydrogen-bond donors (Lipinski definition) is 2. The average Bonchev–Trinajstić information content (AvgIpc) is 3.14. The van der Waals surface area contributed by atoms with Crippen molar-refractivity contribution >= 4 is 15.9 Å². The summed E-state index contributed by atoms with van der Waals surface area (Å²) >= 11 is 0. The first-order valence-corrected chi connectivity index (χ1v) is 9.20. The molecule has 1 aromatic carbocycles. The Morgan fingerprint density at radius 2 is 1.87 bits per heavy atom. The molecule has 23 heavy (non-hydrogen) atoms. The highest BCUT2D eigenvalue weighted by atomic mass is 32.2. The van der Waals surface area contributed by atoms with Crippen LogP contribution in [0.25, 0.3) is 0 Å². The van der Waals surface area contributed by atoms with Crippen LogP contribution in [-0.2, 0) is 10.0 Å². The summed E-state index contributed by atoms with van der Waals surface area (Å²) in [5, 5.41) is 3.35. The normalized spacial score (nSPS) is 23.7. The summed E-state index contributed by atoms with van der Waals surface area (Å²) in [5.74, 6) is 1.06. The van der Waals surface area contributed by atoms with Crippen LogP contribution in [0, 0.1) is 11.8 Å². The third kappa shape index (κ3) is 3.31. The molecule has 124 valence electrons. The van der Waals surface area contributed by atoms with Crippen molar-refractivity contribution in [3.05, 3.63) is 42.5 Å². The van der Waals surface area contributed by atoms with Crippen molar-refractivity contribution in [3.8, 4) is 0 Å². The van der Waals surface area contributed by atoms with Gasteiger partial charge in [0.2, 0.25) is 10.0 Å². The van der Waals surface area contributed by atoms with Crippen LogP contribution in [0.1, 0.15) is 10.4 Å². The first kappa shape index (κ1) is 16.2. The van der Waals surface area contributed by atoms with Gasteiger partial charge in [0.05, 0.1) is 4.90 Å². The van der Waals surface area contributed by atoms with E-state index in [0.29, 0.717) is 17.4 Å². The monoisotopic (exact) mass is 335 g/mol. The van der Waals surface area contributed by atoms with Gasteiger partial charge in [-0.25, -0.2) is 13.1 Å². The Morgan fingerprint density at radius 1 is 1.26 bits per heavy atom. The molecule has 0 aliphatic carbocycles. The van der Waals surface area contributed by atoms with Gasteiger partial charge in [0, 0.05) is 38.3 Å². The second kappa shape index (κ2) is 6.43. The summed E-state index contributed by atoms with van der Waals surface area (Å²) in [6, 6.07) is 6.10. The van der Waals surface area contributed by atoms with Gasteiger partial charge in [-0.15, -0.1) is 6.58 Å². The van der Waals surface area contributed by atoms with Gasteiger partial charge < -0.3 is 10.2 Å². The minimum absolute atomic E-state index is 0.0256. The third-order valence-electron chi connectivity index (χ3n) is 4.51. The Bertz CT molecular complexity index is 688. The SMILES string of the molecule is C=CCNS(=O)(=O)c1ccc(C(=O)N2C[C@H]3CNC[C@H]3C2)cc1. The predicted molar refractivity (Wildman–Crippen MR) is 87.6 cm³/mol. The van der Waals surface area contributed by atoms with Crippen molar-refractivity contribution in [2.24, 2.45) is 11.8 Å². The van der Waals surface area contributed by atoms with Gasteiger partial charge in [-0.3, -0.25) is 4.79 Å². The van der Waals surface area contributed by atoms with Crippen LogP contribution < -0.4 is 10.0 Å². The Labute approximate surface area is 136 Å². The second-order valence-electron chi connectivity index (χ2n) is 6.05. The van der Waals surface area contributed by atoms with E-state index in [2.05, 4.69) is 16.6 Å². The quantitative estimate of drug-likeness (QED) is 0.766. The summed E-state index contributed by atoms with van der Waals surface area (Å²) in [4.78, 5) is 14.6. The van der Waals surface area contributed by atoms with E-state index in [1.54, 1.807) is 12.1 Å². The molecule has 2 aliphatic heterocycles. The van der Waals surface area contributed by atoms with Crippen LogP contribution >= 0.6 is 0 Å². The van der Waals surface area contributed by atoms with Crippen LogP contribution in [0.5, 0.6) is 0 Å². The minimum Gasteiger partial charge on any atom is -0.338 e. The van der Waals surface area contributed by atoms with Crippen molar-refractivity contribution in [3.63, 3.8) is 0 Å². The maximum Gasteiger partial charge on any atom is 0.253 e. The summed E-state index contributed by atoms with van der Waals surface area (Å²) < 4.78 is 26.4. The smallest absolute Gasteiger partial charge is 0.253 e. The number of nitrogens with zero attached hydrogens (tertiary/aromatic N) is 1. The fourth-order valence-corrected chi connectivity index (χ4v) is 4.23. The van der Waals surface area contributed by atoms with Crippen LogP contribution in [0.15, 0.2) is 41.8 Å². The second-order valence-corrected chi connectivity index (χ2v) is 7.82. The van der Waals surface area contributed by atoms with Crippen LogP contribution in [0.4, 0.5) is 0 Å². The molecule has 0 radical (unpaired) electrons. The largest absolute Gasteiger partial charge is 0.338 e. The highest BCUT2D eigenvalue weighted by Crippen LogP contribution is 2.27. The average molecular weight is 335 g/mol. The number of benzene rings is 1. The van der Waals surface area contributed by atoms with Gasteiger partial charge in [0.25, 0.3) is 5.91 Å². The number of carbonyl (C=O) groups excluding carboxylic acids is 1. The van der Waals surface area contributed by atoms with Crippen molar-refractivity contribution in [1.29, 1.82) is 0 Å². The molecule has 0 bridgehead atoms. The molecule has 6 nitrogen and oxygen atoms in total. The van der Waals surface area contributed by atoms with Gasteiger partial charge >= 0.3 is 0 Å². The highest BCUT2D eigenvalue weighted by Gasteiger charge is 2.38. The molecule has 7 heteroatoms. The number of amides is 1. The van der Waals surface area contributed by atoms with E-state index in [4.69, 9.17) is 0 Å². The molecule has 0 spiro atoms. The van der Waals surface area contributed by atoms with E-state index in [1.807, 2.05) is 4.90 Å². The van der Waals surface area contributed by atoms with E-state index in [-0.39, 0.29) is 17.3 Å². The zero-order valence-electron chi connectivity index (χ0n) is 12.9. The number of nitrogens with one attached hydrogen (secondary N) is 2. The molecule has 0 saturated carbocycles. The number of hydrogen-bond acceptors (Lipinski definition) is 4. The fraction of sp³-hybridized carbons (Fsp3) is 0.438. The van der Waals surface area contributed by atoms with Gasteiger partial charge in [0.15, 0.2) is 0 Å². The molecule has 2 heterocycles. The molecule has 2 atom stereocenters. The van der Waals surface area contributed by atoms with E-state index < -0.39 is 10.0 Å². The summed E-state index contributed by atoms with van der Waals surface area (Å²) in [5.41, 5.74) is 0.528. The molecule has 0 aromatic heterocycles. The standard InChI is InChI=1S/C16H21N3O3S/c1-2-7-18-23(21,22)15-5-3-12(4-6-15)16(20)19-10-13-8-17-9-14(13)11-19/h2-6,13-14,17-18H,1,7-11H2/t13-,14+. The molecule has 2 aliphatic rings. The number of rotatable bonds is 5. The van der Waals surface area contributed by atoms with Crippen molar-refractivity contribution < 1.29 is 13.2 Å². The Balaban J connectivity index is 1.70. The van der Waals surface area contributed by atoms with Crippen molar-refractivity contribution in [2.75, 3.05) is 32.7 Å². The first-order valence-electron chi connectivity index (χ1n) is 7.72. The topological polar surface area (TPSA) is 78.5 Å². The van der Waals surface area contributed by atoms with Gasteiger partial charge in [0.1, 0.15) is 0 Å². The number of fused-ring (bicyclic) bond motifs is 1. The summed E-state index contributed by atoms with van der Waals surface area (Å²) in [6.07, 6.45) is 1.48. The summed E-state index contributed by atoms with van der Waals surface area (Å²) in [7, 11) is -3.55. The van der Waals surface area contributed by atoms with Gasteiger partial charge in [-0.1, -0.05) is 6.08 Å². The Hall–Kier alpha value is -1.70. The lowest BCUT2D eigenvalue weighted by atomic mass is 10.0. The van der Waals surface area contributed by atoms with E-state index in [0.717, 1.165) is 26.2 Å². The maximum absolute atomic E-state index is 12.5. The van der Waals surface area contributed by atoms with Crippen molar-refractivity contribution in [1.82, 2.24) is 14.9 Å². The van der Waals surface area contributed by atoms with E-state index in [9.17, 15) is 13.2 Å². The first-order chi connectivity index (χ1) is 11.0. The Kier molecular flexibility index (Phi) is 4.52. The zero-order chi connectivity index (χ0) is 16.4. The molecule has 1 aromatic rings. The highest BCUT2D eigenvalue weighted by molar-refractivity contribution is 7.89. The number of carbonyl (C=O) groups is 1. The van der Waals surface area contributed by atoms with Crippen LogP contribution in [0.2, 0.25) is 0 Å². The van der Waals surface area contributed by atoms with Gasteiger partial charge in [-0.2, -0.15) is 0 Å². The minimum atomic E-state index is -3.55. The van der Waals surface area contributed by atoms with Crippen LogP contribution in [0.3, 0.4) is 0 Å². The van der Waals surface area contributed by atoms with Gasteiger partial charge in [-0.05, 0) is 36.1 Å². The molecule has 2 saturated heterocycles.